The van der Waals surface area contributed by atoms with Gasteiger partial charge in [-0.05, 0) is 22.9 Å². The van der Waals surface area contributed by atoms with Gasteiger partial charge in [0.1, 0.15) is 30.4 Å². The van der Waals surface area contributed by atoms with E-state index in [0.717, 1.165) is 17.3 Å². The van der Waals surface area contributed by atoms with Crippen LogP contribution < -0.4 is 0 Å². The van der Waals surface area contributed by atoms with Gasteiger partial charge in [-0.15, -0.1) is 39.7 Å². The molecule has 0 saturated carbocycles. The van der Waals surface area contributed by atoms with Gasteiger partial charge in [-0.1, -0.05) is 19.1 Å². The maximum atomic E-state index is 13.1. The molecule has 0 aliphatic carbocycles. The summed E-state index contributed by atoms with van der Waals surface area (Å²) in [6, 6.07) is 8.01. The van der Waals surface area contributed by atoms with Crippen LogP contribution in [0.2, 0.25) is 0 Å². The van der Waals surface area contributed by atoms with Crippen molar-refractivity contribution in [3.05, 3.63) is 44.8 Å². The average molecular weight is 548 g/mol. The number of hydrogen-bond donors (Lipinski definition) is 2. The number of rotatable bonds is 5. The minimum Gasteiger partial charge on any atom is -0.481 e. The van der Waals surface area contributed by atoms with Crippen LogP contribution in [0.15, 0.2) is 35.0 Å². The van der Waals surface area contributed by atoms with Gasteiger partial charge in [0, 0.05) is 19.3 Å². The average Bonchev–Trinajstić information content (AvgIpc) is 3.09. The standard InChI is InChI=1S/C19H22NO4S2.C3H6O2.BrH/c1-20(2)12-9-11(10-13(20)17-16(12)24-17)23-18(21)19(22,14-5-3-7-25-14)15-6-4-8-26-15;1-2-3(4)5;/h3-8,11-13,16-17,22H,9-10H2,1-2H3;2H2,1H3,(H,4,5);1H/q+1;;/t11?,12-,13+,16-,17+;;. The number of ether oxygens (including phenoxy) is 2. The highest BCUT2D eigenvalue weighted by Crippen LogP contribution is 2.52. The molecule has 1 unspecified atom stereocenters. The second kappa shape index (κ2) is 9.52. The predicted octanol–water partition coefficient (Wildman–Crippen LogP) is 3.40. The Bertz CT molecular complexity index is 878. The number of esters is 1. The minimum atomic E-state index is -1.72. The molecule has 5 rings (SSSR count). The molecule has 176 valence electrons. The Morgan fingerprint density at radius 3 is 1.97 bits per heavy atom. The van der Waals surface area contributed by atoms with Gasteiger partial charge in [-0.3, -0.25) is 4.79 Å². The molecule has 0 amide bonds. The molecule has 5 atom stereocenters. The lowest BCUT2D eigenvalue weighted by atomic mass is 9.95. The van der Waals surface area contributed by atoms with Gasteiger partial charge in [-0.2, -0.15) is 0 Å². The molecule has 5 heterocycles. The van der Waals surface area contributed by atoms with Crippen LogP contribution in [0.5, 0.6) is 0 Å². The highest BCUT2D eigenvalue weighted by molar-refractivity contribution is 8.93. The fourth-order valence-electron chi connectivity index (χ4n) is 4.83. The number of nitrogens with zero attached hydrogens (tertiary/aromatic N) is 1. The molecule has 10 heteroatoms. The van der Waals surface area contributed by atoms with Gasteiger partial charge in [0.2, 0.25) is 5.60 Å². The second-order valence-corrected chi connectivity index (χ2v) is 10.6. The van der Waals surface area contributed by atoms with Gasteiger partial charge in [0.15, 0.2) is 0 Å². The first-order chi connectivity index (χ1) is 14.7. The van der Waals surface area contributed by atoms with Crippen LogP contribution in [0.25, 0.3) is 0 Å². The number of aliphatic carboxylic acids is 1. The predicted molar refractivity (Wildman–Crippen MR) is 127 cm³/mol. The number of carbonyl (C=O) groups excluding carboxylic acids is 1. The summed E-state index contributed by atoms with van der Waals surface area (Å²) >= 11 is 2.74. The van der Waals surface area contributed by atoms with Crippen LogP contribution in [0.3, 0.4) is 0 Å². The van der Waals surface area contributed by atoms with Crippen LogP contribution in [0.1, 0.15) is 35.9 Å². The second-order valence-electron chi connectivity index (χ2n) is 8.74. The molecule has 3 aliphatic rings. The Balaban J connectivity index is 0.000000438. The fourth-order valence-corrected chi connectivity index (χ4v) is 6.54. The maximum Gasteiger partial charge on any atom is 0.349 e. The third-order valence-corrected chi connectivity index (χ3v) is 8.62. The molecule has 3 saturated heterocycles. The molecule has 3 fully saturated rings. The first-order valence-corrected chi connectivity index (χ1v) is 12.2. The number of quaternary nitrogens is 1. The molecule has 2 N–H and O–H groups in total. The Morgan fingerprint density at radius 1 is 1.12 bits per heavy atom. The summed E-state index contributed by atoms with van der Waals surface area (Å²) in [5.74, 6) is -1.31. The molecule has 32 heavy (non-hydrogen) atoms. The number of halogens is 1. The number of thiophene rings is 2. The molecule has 0 spiro atoms. The van der Waals surface area contributed by atoms with Gasteiger partial charge in [0.05, 0.1) is 23.8 Å². The molecular weight excluding hydrogens is 518 g/mol. The van der Waals surface area contributed by atoms with E-state index in [1.54, 1.807) is 19.1 Å². The fraction of sp³-hybridized carbons (Fsp3) is 0.545. The van der Waals surface area contributed by atoms with Gasteiger partial charge in [-0.25, -0.2) is 4.79 Å². The summed E-state index contributed by atoms with van der Waals surface area (Å²) in [5.41, 5.74) is -1.72. The summed E-state index contributed by atoms with van der Waals surface area (Å²) in [7, 11) is 4.49. The van der Waals surface area contributed by atoms with Crippen molar-refractivity contribution in [1.29, 1.82) is 0 Å². The highest BCUT2D eigenvalue weighted by Gasteiger charge is 2.71. The number of aliphatic hydroxyl groups is 1. The zero-order valence-electron chi connectivity index (χ0n) is 18.2. The lowest BCUT2D eigenvalue weighted by molar-refractivity contribution is -0.938. The van der Waals surface area contributed by atoms with Gasteiger partial charge < -0.3 is 24.2 Å². The monoisotopic (exact) mass is 546 g/mol. The van der Waals surface area contributed by atoms with Crippen LogP contribution in [-0.2, 0) is 24.7 Å². The number of carboxylic acid groups (broad SMARTS) is 1. The summed E-state index contributed by atoms with van der Waals surface area (Å²) < 4.78 is 12.6. The Morgan fingerprint density at radius 2 is 1.59 bits per heavy atom. The van der Waals surface area contributed by atoms with E-state index in [4.69, 9.17) is 14.6 Å². The van der Waals surface area contributed by atoms with E-state index >= 15 is 0 Å². The van der Waals surface area contributed by atoms with Gasteiger partial charge >= 0.3 is 11.9 Å². The lowest BCUT2D eigenvalue weighted by Gasteiger charge is -2.45. The Kier molecular flexibility index (Phi) is 7.53. The zero-order valence-corrected chi connectivity index (χ0v) is 21.5. The quantitative estimate of drug-likeness (QED) is 0.339. The van der Waals surface area contributed by atoms with Crippen LogP contribution >= 0.6 is 39.7 Å². The lowest BCUT2D eigenvalue weighted by Crippen LogP contribution is -2.60. The highest BCUT2D eigenvalue weighted by atomic mass is 79.9. The minimum absolute atomic E-state index is 0. The first-order valence-electron chi connectivity index (χ1n) is 10.4. The summed E-state index contributed by atoms with van der Waals surface area (Å²) in [6.07, 6.45) is 2.27. The van der Waals surface area contributed by atoms with Crippen LogP contribution in [0.4, 0.5) is 0 Å². The largest absolute Gasteiger partial charge is 0.481 e. The topological polar surface area (TPSA) is 96.4 Å². The smallest absolute Gasteiger partial charge is 0.349 e. The number of epoxide rings is 1. The number of carboxylic acids is 1. The third kappa shape index (κ3) is 4.41. The van der Waals surface area contributed by atoms with Crippen molar-refractivity contribution in [3.8, 4) is 0 Å². The SMILES string of the molecule is Br.CCC(=O)O.C[N+]1(C)[C@@H]2CC(OC(=O)C(O)(c3cccs3)c3cccs3)C[C@H]1[C@@H]1O[C@@H]12. The van der Waals surface area contributed by atoms with Crippen molar-refractivity contribution in [1.82, 2.24) is 0 Å². The molecule has 2 aromatic rings. The van der Waals surface area contributed by atoms with E-state index in [-0.39, 0.29) is 29.5 Å². The number of fused-ring (bicyclic) bond motifs is 5. The Hall–Kier alpha value is -1.30. The molecule has 2 bridgehead atoms. The first kappa shape index (κ1) is 25.3. The molecule has 3 aliphatic heterocycles. The third-order valence-electron chi connectivity index (χ3n) is 6.67. The maximum absolute atomic E-state index is 13.1. The van der Waals surface area contributed by atoms with E-state index < -0.39 is 17.5 Å². The van der Waals surface area contributed by atoms with E-state index in [2.05, 4.69) is 14.1 Å². The van der Waals surface area contributed by atoms with Crippen molar-refractivity contribution in [2.75, 3.05) is 14.1 Å². The van der Waals surface area contributed by atoms with E-state index in [1.165, 1.54) is 22.7 Å². The number of morpholine rings is 1. The number of hydrogen-bond acceptors (Lipinski definition) is 7. The zero-order chi connectivity index (χ0) is 22.4. The van der Waals surface area contributed by atoms with Crippen molar-refractivity contribution >= 4 is 51.6 Å². The van der Waals surface area contributed by atoms with Crippen LogP contribution in [0, 0.1) is 0 Å². The van der Waals surface area contributed by atoms with Crippen molar-refractivity contribution in [2.24, 2.45) is 0 Å². The van der Waals surface area contributed by atoms with E-state index in [9.17, 15) is 14.7 Å². The van der Waals surface area contributed by atoms with E-state index in [1.807, 2.05) is 22.9 Å². The normalized spacial score (nSPS) is 29.1. The molecule has 0 aromatic carbocycles. The van der Waals surface area contributed by atoms with Gasteiger partial charge in [0.25, 0.3) is 0 Å². The van der Waals surface area contributed by atoms with Crippen molar-refractivity contribution in [3.63, 3.8) is 0 Å². The molecular formula is C22H29BrNO6S2+. The van der Waals surface area contributed by atoms with Crippen molar-refractivity contribution in [2.45, 2.75) is 62.2 Å². The number of piperidine rings is 1. The molecule has 2 aromatic heterocycles. The van der Waals surface area contributed by atoms with E-state index in [0.29, 0.717) is 34.0 Å². The van der Waals surface area contributed by atoms with Crippen molar-refractivity contribution < 1.29 is 33.8 Å². The summed E-state index contributed by atoms with van der Waals surface area (Å²) in [6.45, 7) is 1.60. The summed E-state index contributed by atoms with van der Waals surface area (Å²) in [4.78, 5) is 23.7. The number of carbonyl (C=O) groups is 2. The van der Waals surface area contributed by atoms with Crippen LogP contribution in [-0.4, -0.2) is 71.1 Å². The Labute approximate surface area is 205 Å². The molecule has 7 nitrogen and oxygen atoms in total. The number of likely N-dealkylation sites (N-methyl/N-ethyl adjacent to an activating group) is 1. The summed E-state index contributed by atoms with van der Waals surface area (Å²) in [5, 5.41) is 22.8. The molecule has 0 radical (unpaired) electrons.